The zero-order valence-corrected chi connectivity index (χ0v) is 9.44. The molecule has 17 heavy (non-hydrogen) atoms. The number of morpholine rings is 1. The van der Waals surface area contributed by atoms with Crippen LogP contribution in [0, 0.1) is 10.1 Å². The highest BCUT2D eigenvalue weighted by Crippen LogP contribution is 2.09. The van der Waals surface area contributed by atoms with Crippen LogP contribution in [-0.2, 0) is 11.8 Å². The molecule has 2 heterocycles. The lowest BCUT2D eigenvalue weighted by Crippen LogP contribution is -2.32. The number of hydrazone groups is 1. The Kier molecular flexibility index (Phi) is 3.33. The first kappa shape index (κ1) is 11.5. The molecule has 1 aromatic heterocycles. The third kappa shape index (κ3) is 2.59. The summed E-state index contributed by atoms with van der Waals surface area (Å²) in [4.78, 5) is 13.8. The van der Waals surface area contributed by atoms with Gasteiger partial charge >= 0.3 is 5.95 Å². The van der Waals surface area contributed by atoms with E-state index in [-0.39, 0.29) is 5.95 Å². The molecule has 0 aliphatic carbocycles. The van der Waals surface area contributed by atoms with E-state index in [1.54, 1.807) is 13.3 Å². The van der Waals surface area contributed by atoms with Gasteiger partial charge in [0, 0.05) is 0 Å². The third-order valence-electron chi connectivity index (χ3n) is 2.50. The zero-order chi connectivity index (χ0) is 12.3. The molecule has 0 saturated carbocycles. The molecule has 0 bridgehead atoms. The summed E-state index contributed by atoms with van der Waals surface area (Å²) in [6.07, 6.45) is 3.01. The minimum atomic E-state index is -0.522. The van der Waals surface area contributed by atoms with Crippen LogP contribution < -0.4 is 0 Å². The van der Waals surface area contributed by atoms with Gasteiger partial charge in [0.05, 0.1) is 39.6 Å². The van der Waals surface area contributed by atoms with Crippen LogP contribution in [0.15, 0.2) is 11.3 Å². The van der Waals surface area contributed by atoms with Gasteiger partial charge in [-0.2, -0.15) is 5.10 Å². The smallest absolute Gasteiger partial charge is 0.390 e. The minimum absolute atomic E-state index is 0.187. The van der Waals surface area contributed by atoms with Gasteiger partial charge in [0.15, 0.2) is 5.69 Å². The second-order valence-corrected chi connectivity index (χ2v) is 3.61. The molecule has 0 aromatic carbocycles. The number of nitro groups is 1. The molecule has 0 spiro atoms. The SMILES string of the molecule is Cn1c(C=NN2CCOCC2)cnc1[N+](=O)[O-]. The number of hydrogen-bond donors (Lipinski definition) is 0. The van der Waals surface area contributed by atoms with Crippen molar-refractivity contribution in [2.75, 3.05) is 26.3 Å². The Morgan fingerprint density at radius 3 is 2.88 bits per heavy atom. The maximum Gasteiger partial charge on any atom is 0.434 e. The average Bonchev–Trinajstić information content (AvgIpc) is 2.69. The van der Waals surface area contributed by atoms with Gasteiger partial charge in [0.25, 0.3) is 0 Å². The highest BCUT2D eigenvalue weighted by Gasteiger charge is 2.16. The van der Waals surface area contributed by atoms with Crippen molar-refractivity contribution in [3.63, 3.8) is 0 Å². The summed E-state index contributed by atoms with van der Waals surface area (Å²) < 4.78 is 6.58. The predicted octanol–water partition coefficient (Wildman–Crippen LogP) is -0.00560. The fourth-order valence-electron chi connectivity index (χ4n) is 1.51. The van der Waals surface area contributed by atoms with Crippen LogP contribution in [0.5, 0.6) is 0 Å². The number of rotatable bonds is 3. The molecule has 0 atom stereocenters. The van der Waals surface area contributed by atoms with Crippen LogP contribution in [0.1, 0.15) is 5.69 Å². The molecule has 1 aromatic rings. The standard InChI is InChI=1S/C9H13N5O3/c1-12-8(6-10-9(12)14(15)16)7-11-13-2-4-17-5-3-13/h6-7H,2-5H2,1H3. The Morgan fingerprint density at radius 1 is 1.59 bits per heavy atom. The van der Waals surface area contributed by atoms with Gasteiger partial charge in [-0.3, -0.25) is 5.01 Å². The topological polar surface area (TPSA) is 85.8 Å². The Balaban J connectivity index is 2.07. The summed E-state index contributed by atoms with van der Waals surface area (Å²) in [5.41, 5.74) is 0.600. The lowest BCUT2D eigenvalue weighted by molar-refractivity contribution is -0.396. The number of nitrogens with zero attached hydrogens (tertiary/aromatic N) is 5. The van der Waals surface area contributed by atoms with Gasteiger partial charge in [0.1, 0.15) is 6.20 Å². The van der Waals surface area contributed by atoms with Crippen molar-refractivity contribution in [2.45, 2.75) is 0 Å². The molecule has 0 N–H and O–H groups in total. The zero-order valence-electron chi connectivity index (χ0n) is 9.44. The van der Waals surface area contributed by atoms with Crippen molar-refractivity contribution >= 4 is 12.2 Å². The Labute approximate surface area is 97.6 Å². The van der Waals surface area contributed by atoms with Gasteiger partial charge in [-0.1, -0.05) is 4.98 Å². The lowest BCUT2D eigenvalue weighted by Gasteiger charge is -2.23. The molecule has 0 amide bonds. The maximum absolute atomic E-state index is 10.6. The second kappa shape index (κ2) is 4.91. The van der Waals surface area contributed by atoms with Gasteiger partial charge in [0.2, 0.25) is 0 Å². The molecule has 8 nitrogen and oxygen atoms in total. The van der Waals surface area contributed by atoms with Crippen molar-refractivity contribution in [3.05, 3.63) is 22.0 Å². The van der Waals surface area contributed by atoms with E-state index in [4.69, 9.17) is 4.74 Å². The second-order valence-electron chi connectivity index (χ2n) is 3.61. The highest BCUT2D eigenvalue weighted by molar-refractivity contribution is 5.77. The molecule has 1 saturated heterocycles. The predicted molar refractivity (Wildman–Crippen MR) is 59.8 cm³/mol. The Bertz CT molecular complexity index is 436. The van der Waals surface area contributed by atoms with E-state index in [9.17, 15) is 10.1 Å². The maximum atomic E-state index is 10.6. The van der Waals surface area contributed by atoms with E-state index < -0.39 is 4.92 Å². The number of hydrogen-bond acceptors (Lipinski definition) is 6. The van der Waals surface area contributed by atoms with Crippen molar-refractivity contribution in [1.29, 1.82) is 0 Å². The Morgan fingerprint density at radius 2 is 2.29 bits per heavy atom. The molecular weight excluding hydrogens is 226 g/mol. The van der Waals surface area contributed by atoms with Crippen LogP contribution in [0.25, 0.3) is 0 Å². The third-order valence-corrected chi connectivity index (χ3v) is 2.50. The lowest BCUT2D eigenvalue weighted by atomic mass is 10.5. The van der Waals surface area contributed by atoms with E-state index in [1.807, 2.05) is 5.01 Å². The van der Waals surface area contributed by atoms with Gasteiger partial charge < -0.3 is 14.9 Å². The van der Waals surface area contributed by atoms with Crippen molar-refractivity contribution in [2.24, 2.45) is 12.1 Å². The first-order valence-electron chi connectivity index (χ1n) is 5.21. The normalized spacial score (nSPS) is 16.6. The van der Waals surface area contributed by atoms with Crippen LogP contribution in [0.3, 0.4) is 0 Å². The fraction of sp³-hybridized carbons (Fsp3) is 0.556. The molecule has 1 aliphatic rings. The molecule has 0 unspecified atom stereocenters. The molecule has 1 aliphatic heterocycles. The molecule has 2 rings (SSSR count). The van der Waals surface area contributed by atoms with Crippen LogP contribution in [0.4, 0.5) is 5.95 Å². The molecule has 0 radical (unpaired) electrons. The fourth-order valence-corrected chi connectivity index (χ4v) is 1.51. The van der Waals surface area contributed by atoms with Crippen molar-refractivity contribution in [1.82, 2.24) is 14.6 Å². The van der Waals surface area contributed by atoms with Crippen LogP contribution >= 0.6 is 0 Å². The molecule has 1 fully saturated rings. The first-order chi connectivity index (χ1) is 8.18. The summed E-state index contributed by atoms with van der Waals surface area (Å²) in [5, 5.41) is 16.7. The quantitative estimate of drug-likeness (QED) is 0.421. The summed E-state index contributed by atoms with van der Waals surface area (Å²) >= 11 is 0. The number of ether oxygens (including phenoxy) is 1. The number of imidazole rings is 1. The van der Waals surface area contributed by atoms with Crippen LogP contribution in [-0.4, -0.2) is 52.0 Å². The molecular formula is C9H13N5O3. The van der Waals surface area contributed by atoms with Gasteiger partial charge in [-0.25, -0.2) is 4.57 Å². The van der Waals surface area contributed by atoms with Crippen LogP contribution in [0.2, 0.25) is 0 Å². The van der Waals surface area contributed by atoms with E-state index in [0.29, 0.717) is 18.9 Å². The van der Waals surface area contributed by atoms with E-state index >= 15 is 0 Å². The van der Waals surface area contributed by atoms with E-state index in [2.05, 4.69) is 10.1 Å². The summed E-state index contributed by atoms with van der Waals surface area (Å²) in [6.45, 7) is 2.78. The van der Waals surface area contributed by atoms with Crippen molar-refractivity contribution < 1.29 is 9.66 Å². The number of aromatic nitrogens is 2. The molecule has 8 heteroatoms. The monoisotopic (exact) mass is 239 g/mol. The highest BCUT2D eigenvalue weighted by atomic mass is 16.6. The van der Waals surface area contributed by atoms with E-state index in [0.717, 1.165) is 13.1 Å². The average molecular weight is 239 g/mol. The molecule has 92 valence electrons. The summed E-state index contributed by atoms with van der Waals surface area (Å²) in [6, 6.07) is 0. The summed E-state index contributed by atoms with van der Waals surface area (Å²) in [5.74, 6) is -0.187. The van der Waals surface area contributed by atoms with Crippen molar-refractivity contribution in [3.8, 4) is 0 Å². The minimum Gasteiger partial charge on any atom is -0.390 e. The van der Waals surface area contributed by atoms with E-state index in [1.165, 1.54) is 10.8 Å². The first-order valence-corrected chi connectivity index (χ1v) is 5.21. The largest absolute Gasteiger partial charge is 0.434 e. The summed E-state index contributed by atoms with van der Waals surface area (Å²) in [7, 11) is 1.59. The Hall–Kier alpha value is -1.96. The van der Waals surface area contributed by atoms with Gasteiger partial charge in [-0.15, -0.1) is 0 Å². The van der Waals surface area contributed by atoms with Gasteiger partial charge in [-0.05, 0) is 4.92 Å².